The molecule has 2 amide bonds. The van der Waals surface area contributed by atoms with E-state index in [-0.39, 0.29) is 12.2 Å². The first kappa shape index (κ1) is 6.35. The van der Waals surface area contributed by atoms with Crippen molar-refractivity contribution in [2.75, 3.05) is 0 Å². The van der Waals surface area contributed by atoms with E-state index in [9.17, 15) is 4.79 Å². The van der Waals surface area contributed by atoms with Gasteiger partial charge in [-0.1, -0.05) is 13.8 Å². The van der Waals surface area contributed by atoms with Gasteiger partial charge in [-0.05, 0) is 5.92 Å². The summed E-state index contributed by atoms with van der Waals surface area (Å²) in [7, 11) is 0. The molecule has 1 atom stereocenters. The maximum atomic E-state index is 10.5. The fourth-order valence-corrected chi connectivity index (χ4v) is 0.690. The van der Waals surface area contributed by atoms with Gasteiger partial charge in [0.25, 0.3) is 0 Å². The minimum absolute atomic E-state index is 0.0810. The minimum Gasteiger partial charge on any atom is -0.320 e. The number of hydrogen-bond donors (Lipinski definition) is 3. The summed E-state index contributed by atoms with van der Waals surface area (Å²) in [5.41, 5.74) is 5.25. The Hall–Kier alpha value is -0.770. The number of hydrogen-bond acceptors (Lipinski definition) is 2. The molecule has 0 spiro atoms. The lowest BCUT2D eigenvalue weighted by Gasteiger charge is -2.11. The van der Waals surface area contributed by atoms with E-state index in [2.05, 4.69) is 16.2 Å². The largest absolute Gasteiger partial charge is 0.330 e. The number of nitrogens with one attached hydrogen (secondary N) is 3. The predicted molar refractivity (Wildman–Crippen MR) is 33.4 cm³/mol. The van der Waals surface area contributed by atoms with Crippen molar-refractivity contribution in [1.82, 2.24) is 16.2 Å². The smallest absolute Gasteiger partial charge is 0.320 e. The molecule has 9 heavy (non-hydrogen) atoms. The molecule has 1 aliphatic heterocycles. The summed E-state index contributed by atoms with van der Waals surface area (Å²) < 4.78 is 0. The summed E-state index contributed by atoms with van der Waals surface area (Å²) in [6.45, 7) is 4.07. The molecule has 1 aliphatic rings. The maximum absolute atomic E-state index is 10.5. The van der Waals surface area contributed by atoms with E-state index in [1.807, 2.05) is 13.8 Å². The van der Waals surface area contributed by atoms with Crippen LogP contribution in [0.15, 0.2) is 0 Å². The molecule has 52 valence electrons. The molecule has 1 fully saturated rings. The van der Waals surface area contributed by atoms with E-state index in [1.165, 1.54) is 0 Å². The van der Waals surface area contributed by atoms with Crippen LogP contribution in [0.25, 0.3) is 0 Å². The summed E-state index contributed by atoms with van der Waals surface area (Å²) in [5, 5.41) is 2.69. The molecular formula is C5H11N3O. The van der Waals surface area contributed by atoms with E-state index in [1.54, 1.807) is 0 Å². The Balaban J connectivity index is 2.39. The lowest BCUT2D eigenvalue weighted by atomic mass is 10.2. The first-order valence-electron chi connectivity index (χ1n) is 3.02. The molecule has 0 saturated carbocycles. The zero-order chi connectivity index (χ0) is 6.85. The van der Waals surface area contributed by atoms with Crippen molar-refractivity contribution >= 4 is 6.03 Å². The number of hydrazine groups is 1. The van der Waals surface area contributed by atoms with Crippen LogP contribution in [0.2, 0.25) is 0 Å². The van der Waals surface area contributed by atoms with E-state index in [4.69, 9.17) is 0 Å². The Kier molecular flexibility index (Phi) is 1.57. The lowest BCUT2D eigenvalue weighted by molar-refractivity contribution is 0.246. The second kappa shape index (κ2) is 2.23. The van der Waals surface area contributed by atoms with Crippen LogP contribution in [0.5, 0.6) is 0 Å². The first-order valence-corrected chi connectivity index (χ1v) is 3.02. The van der Waals surface area contributed by atoms with Gasteiger partial charge in [-0.3, -0.25) is 5.43 Å². The SMILES string of the molecule is CC(C)C1NNC(=O)N1. The molecule has 0 aromatic rings. The second-order valence-electron chi connectivity index (χ2n) is 2.46. The third-order valence-electron chi connectivity index (χ3n) is 1.29. The van der Waals surface area contributed by atoms with Crippen molar-refractivity contribution in [1.29, 1.82) is 0 Å². The molecule has 0 aromatic carbocycles. The summed E-state index contributed by atoms with van der Waals surface area (Å²) in [6.07, 6.45) is 0.0810. The van der Waals surface area contributed by atoms with Crippen LogP contribution in [-0.2, 0) is 0 Å². The minimum atomic E-state index is -0.145. The average molecular weight is 129 g/mol. The second-order valence-corrected chi connectivity index (χ2v) is 2.46. The monoisotopic (exact) mass is 129 g/mol. The zero-order valence-electron chi connectivity index (χ0n) is 5.56. The molecule has 0 aromatic heterocycles. The van der Waals surface area contributed by atoms with Crippen molar-refractivity contribution in [3.63, 3.8) is 0 Å². The van der Waals surface area contributed by atoms with Gasteiger partial charge in [-0.25, -0.2) is 10.2 Å². The third kappa shape index (κ3) is 1.32. The molecule has 0 bridgehead atoms. The maximum Gasteiger partial charge on any atom is 0.330 e. The lowest BCUT2D eigenvalue weighted by Crippen LogP contribution is -2.38. The van der Waals surface area contributed by atoms with Crippen molar-refractivity contribution in [3.05, 3.63) is 0 Å². The quantitative estimate of drug-likeness (QED) is 0.458. The number of urea groups is 1. The van der Waals surface area contributed by atoms with Crippen LogP contribution in [0.1, 0.15) is 13.8 Å². The van der Waals surface area contributed by atoms with Crippen molar-refractivity contribution < 1.29 is 4.79 Å². The van der Waals surface area contributed by atoms with E-state index >= 15 is 0 Å². The van der Waals surface area contributed by atoms with E-state index in [0.29, 0.717) is 5.92 Å². The number of carbonyl (C=O) groups excluding carboxylic acids is 1. The molecule has 0 aliphatic carbocycles. The van der Waals surface area contributed by atoms with Crippen LogP contribution in [0.4, 0.5) is 4.79 Å². The Labute approximate surface area is 54.0 Å². The van der Waals surface area contributed by atoms with Gasteiger partial charge >= 0.3 is 6.03 Å². The summed E-state index contributed by atoms with van der Waals surface area (Å²) in [5.74, 6) is 0.420. The Bertz CT molecular complexity index is 123. The summed E-state index contributed by atoms with van der Waals surface area (Å²) in [6, 6.07) is -0.145. The predicted octanol–water partition coefficient (Wildman–Crippen LogP) is -0.214. The first-order chi connectivity index (χ1) is 4.20. The molecular weight excluding hydrogens is 118 g/mol. The van der Waals surface area contributed by atoms with Gasteiger partial charge in [0.1, 0.15) is 6.17 Å². The van der Waals surface area contributed by atoms with Crippen molar-refractivity contribution in [3.8, 4) is 0 Å². The average Bonchev–Trinajstić information content (AvgIpc) is 2.14. The molecule has 4 heteroatoms. The van der Waals surface area contributed by atoms with Gasteiger partial charge in [-0.2, -0.15) is 0 Å². The van der Waals surface area contributed by atoms with Gasteiger partial charge in [0.15, 0.2) is 0 Å². The highest BCUT2D eigenvalue weighted by atomic mass is 16.2. The summed E-state index contributed by atoms with van der Waals surface area (Å²) >= 11 is 0. The molecule has 4 nitrogen and oxygen atoms in total. The van der Waals surface area contributed by atoms with Crippen molar-refractivity contribution in [2.45, 2.75) is 20.0 Å². The van der Waals surface area contributed by atoms with Crippen LogP contribution in [-0.4, -0.2) is 12.2 Å². The van der Waals surface area contributed by atoms with Gasteiger partial charge in [-0.15, -0.1) is 0 Å². The molecule has 1 rings (SSSR count). The molecule has 3 N–H and O–H groups in total. The highest BCUT2D eigenvalue weighted by Gasteiger charge is 2.21. The standard InChI is InChI=1S/C5H11N3O/c1-3(2)4-6-5(9)8-7-4/h3-4,7H,1-2H3,(H2,6,8,9). The fraction of sp³-hybridized carbons (Fsp3) is 0.800. The van der Waals surface area contributed by atoms with Gasteiger partial charge in [0.2, 0.25) is 0 Å². The van der Waals surface area contributed by atoms with Gasteiger partial charge in [0.05, 0.1) is 0 Å². The van der Waals surface area contributed by atoms with E-state index < -0.39 is 0 Å². The van der Waals surface area contributed by atoms with Gasteiger partial charge < -0.3 is 5.32 Å². The van der Waals surface area contributed by atoms with Gasteiger partial charge in [0, 0.05) is 0 Å². The molecule has 1 saturated heterocycles. The Morgan fingerprint density at radius 3 is 2.44 bits per heavy atom. The summed E-state index contributed by atoms with van der Waals surface area (Å²) in [4.78, 5) is 10.5. The highest BCUT2D eigenvalue weighted by Crippen LogP contribution is 1.98. The number of amides is 2. The normalized spacial score (nSPS) is 26.1. The number of rotatable bonds is 1. The fourth-order valence-electron chi connectivity index (χ4n) is 0.690. The zero-order valence-corrected chi connectivity index (χ0v) is 5.56. The molecule has 0 radical (unpaired) electrons. The van der Waals surface area contributed by atoms with Crippen LogP contribution < -0.4 is 16.2 Å². The topological polar surface area (TPSA) is 53.2 Å². The third-order valence-corrected chi connectivity index (χ3v) is 1.29. The van der Waals surface area contributed by atoms with Crippen LogP contribution in [0, 0.1) is 5.92 Å². The molecule has 1 heterocycles. The number of carbonyl (C=O) groups is 1. The Morgan fingerprint density at radius 1 is 1.56 bits per heavy atom. The van der Waals surface area contributed by atoms with Crippen molar-refractivity contribution in [2.24, 2.45) is 5.92 Å². The van der Waals surface area contributed by atoms with E-state index in [0.717, 1.165) is 0 Å². The Morgan fingerprint density at radius 2 is 2.22 bits per heavy atom. The van der Waals surface area contributed by atoms with Crippen LogP contribution in [0.3, 0.4) is 0 Å². The van der Waals surface area contributed by atoms with Crippen LogP contribution >= 0.6 is 0 Å². The highest BCUT2D eigenvalue weighted by molar-refractivity contribution is 5.75. The molecule has 1 unspecified atom stereocenters.